The number of rotatable bonds is 3. The van der Waals surface area contributed by atoms with Crippen molar-refractivity contribution in [2.45, 2.75) is 25.9 Å². The maximum atomic E-state index is 11.0. The molecule has 0 bridgehead atoms. The summed E-state index contributed by atoms with van der Waals surface area (Å²) in [5, 5.41) is 18.2. The molecule has 0 unspecified atom stereocenters. The fraction of sp³-hybridized carbons (Fsp3) is 0.700. The lowest BCUT2D eigenvalue weighted by atomic mass is 10.1. The van der Waals surface area contributed by atoms with E-state index in [1.807, 2.05) is 0 Å². The Morgan fingerprint density at radius 2 is 2.18 bits per heavy atom. The first-order valence-corrected chi connectivity index (χ1v) is 5.65. The second-order valence-electron chi connectivity index (χ2n) is 4.19. The van der Waals surface area contributed by atoms with Gasteiger partial charge in [-0.15, -0.1) is 0 Å². The minimum atomic E-state index is -0.432. The monoisotopic (exact) mass is 240 g/mol. The Morgan fingerprint density at radius 3 is 2.76 bits per heavy atom. The Hall–Kier alpha value is -1.63. The second kappa shape index (κ2) is 4.70. The van der Waals surface area contributed by atoms with Gasteiger partial charge in [-0.05, 0) is 32.9 Å². The maximum Gasteiger partial charge on any atom is 0.353 e. The first-order chi connectivity index (χ1) is 8.09. The van der Waals surface area contributed by atoms with Crippen LogP contribution in [0.1, 0.15) is 18.5 Å². The van der Waals surface area contributed by atoms with Gasteiger partial charge in [-0.3, -0.25) is 10.1 Å². The van der Waals surface area contributed by atoms with Crippen molar-refractivity contribution in [2.75, 3.05) is 13.1 Å². The van der Waals surface area contributed by atoms with Crippen molar-refractivity contribution in [3.63, 3.8) is 0 Å². The third-order valence-electron chi connectivity index (χ3n) is 2.89. The number of aromatic nitrogens is 2. The summed E-state index contributed by atoms with van der Waals surface area (Å²) in [6.07, 6.45) is 1.76. The van der Waals surface area contributed by atoms with Crippen LogP contribution < -0.4 is 10.1 Å². The van der Waals surface area contributed by atoms with E-state index in [1.165, 1.54) is 4.68 Å². The Balaban J connectivity index is 2.21. The van der Waals surface area contributed by atoms with Crippen LogP contribution >= 0.6 is 0 Å². The highest BCUT2D eigenvalue weighted by Crippen LogP contribution is 2.31. The van der Waals surface area contributed by atoms with Crippen LogP contribution in [0.4, 0.5) is 5.69 Å². The van der Waals surface area contributed by atoms with Crippen LogP contribution in [0.15, 0.2) is 0 Å². The predicted octanol–water partition coefficient (Wildman–Crippen LogP) is 0.768. The highest BCUT2D eigenvalue weighted by Gasteiger charge is 2.28. The number of piperidine rings is 1. The maximum absolute atomic E-state index is 11.0. The van der Waals surface area contributed by atoms with Crippen molar-refractivity contribution in [1.82, 2.24) is 15.1 Å². The topological polar surface area (TPSA) is 82.2 Å². The van der Waals surface area contributed by atoms with Crippen LogP contribution in [0.2, 0.25) is 0 Å². The molecule has 1 N–H and O–H groups in total. The fourth-order valence-corrected chi connectivity index (χ4v) is 2.04. The molecule has 0 amide bonds. The molecule has 1 aromatic heterocycles. The number of hydrogen-bond donors (Lipinski definition) is 1. The Bertz CT molecular complexity index is 423. The van der Waals surface area contributed by atoms with Crippen LogP contribution in [-0.4, -0.2) is 33.9 Å². The van der Waals surface area contributed by atoms with E-state index in [2.05, 4.69) is 10.4 Å². The predicted molar refractivity (Wildman–Crippen MR) is 61.1 cm³/mol. The molecule has 1 aliphatic rings. The Labute approximate surface area is 98.9 Å². The molecule has 0 aromatic carbocycles. The molecule has 0 radical (unpaired) electrons. The summed E-state index contributed by atoms with van der Waals surface area (Å²) < 4.78 is 7.16. The molecule has 17 heavy (non-hydrogen) atoms. The summed E-state index contributed by atoms with van der Waals surface area (Å²) in [6.45, 7) is 3.39. The van der Waals surface area contributed by atoms with Gasteiger partial charge in [0.2, 0.25) is 0 Å². The number of nitro groups is 1. The molecule has 0 spiro atoms. The van der Waals surface area contributed by atoms with Gasteiger partial charge in [0.05, 0.1) is 4.92 Å². The lowest BCUT2D eigenvalue weighted by Crippen LogP contribution is -2.34. The van der Waals surface area contributed by atoms with Crippen LogP contribution in [0.3, 0.4) is 0 Å². The molecule has 1 aliphatic heterocycles. The number of ether oxygens (including phenoxy) is 1. The summed E-state index contributed by atoms with van der Waals surface area (Å²) in [6, 6.07) is 0. The van der Waals surface area contributed by atoms with Crippen molar-refractivity contribution >= 4 is 5.69 Å². The summed E-state index contributed by atoms with van der Waals surface area (Å²) in [4.78, 5) is 10.5. The first kappa shape index (κ1) is 11.8. The molecule has 2 heterocycles. The van der Waals surface area contributed by atoms with Crippen LogP contribution in [0.5, 0.6) is 5.88 Å². The van der Waals surface area contributed by atoms with E-state index in [4.69, 9.17) is 4.74 Å². The van der Waals surface area contributed by atoms with E-state index in [9.17, 15) is 10.1 Å². The van der Waals surface area contributed by atoms with Gasteiger partial charge in [0, 0.05) is 7.05 Å². The number of hydrogen-bond acceptors (Lipinski definition) is 5. The zero-order chi connectivity index (χ0) is 12.4. The van der Waals surface area contributed by atoms with Gasteiger partial charge in [-0.25, -0.2) is 4.68 Å². The van der Waals surface area contributed by atoms with E-state index in [-0.39, 0.29) is 17.7 Å². The standard InChI is InChI=1S/C10H16N4O3/c1-7-9(14(15)16)10(13(2)12-7)17-8-3-5-11-6-4-8/h8,11H,3-6H2,1-2H3. The molecule has 0 atom stereocenters. The van der Waals surface area contributed by atoms with Crippen LogP contribution in [0, 0.1) is 17.0 Å². The molecular formula is C10H16N4O3. The van der Waals surface area contributed by atoms with Gasteiger partial charge >= 0.3 is 5.69 Å². The highest BCUT2D eigenvalue weighted by molar-refractivity contribution is 5.45. The Morgan fingerprint density at radius 1 is 1.53 bits per heavy atom. The lowest BCUT2D eigenvalue weighted by molar-refractivity contribution is -0.386. The van der Waals surface area contributed by atoms with Gasteiger partial charge in [0.15, 0.2) is 0 Å². The third-order valence-corrected chi connectivity index (χ3v) is 2.89. The Kier molecular flexibility index (Phi) is 3.28. The van der Waals surface area contributed by atoms with E-state index in [0.717, 1.165) is 25.9 Å². The highest BCUT2D eigenvalue weighted by atomic mass is 16.6. The van der Waals surface area contributed by atoms with Crippen molar-refractivity contribution in [3.8, 4) is 5.88 Å². The van der Waals surface area contributed by atoms with Gasteiger partial charge in [0.25, 0.3) is 5.88 Å². The van der Waals surface area contributed by atoms with Crippen LogP contribution in [0.25, 0.3) is 0 Å². The minimum Gasteiger partial charge on any atom is -0.470 e. The molecule has 1 saturated heterocycles. The summed E-state index contributed by atoms with van der Waals surface area (Å²) >= 11 is 0. The van der Waals surface area contributed by atoms with E-state index < -0.39 is 4.92 Å². The molecule has 1 fully saturated rings. The first-order valence-electron chi connectivity index (χ1n) is 5.65. The largest absolute Gasteiger partial charge is 0.470 e. The molecule has 7 nitrogen and oxygen atoms in total. The molecule has 1 aromatic rings. The van der Waals surface area contributed by atoms with Crippen molar-refractivity contribution in [3.05, 3.63) is 15.8 Å². The zero-order valence-corrected chi connectivity index (χ0v) is 9.97. The average molecular weight is 240 g/mol. The number of nitrogens with zero attached hydrogens (tertiary/aromatic N) is 3. The minimum absolute atomic E-state index is 0.0222. The molecule has 7 heteroatoms. The molecule has 94 valence electrons. The lowest BCUT2D eigenvalue weighted by Gasteiger charge is -2.23. The van der Waals surface area contributed by atoms with Crippen molar-refractivity contribution in [1.29, 1.82) is 0 Å². The van der Waals surface area contributed by atoms with E-state index in [0.29, 0.717) is 5.69 Å². The molecule has 2 rings (SSSR count). The van der Waals surface area contributed by atoms with Crippen LogP contribution in [-0.2, 0) is 7.05 Å². The summed E-state index contributed by atoms with van der Waals surface area (Å²) in [7, 11) is 1.66. The molecule has 0 saturated carbocycles. The van der Waals surface area contributed by atoms with Gasteiger partial charge in [-0.2, -0.15) is 5.10 Å². The van der Waals surface area contributed by atoms with Crippen molar-refractivity contribution in [2.24, 2.45) is 7.05 Å². The number of nitrogens with one attached hydrogen (secondary N) is 1. The molecule has 0 aliphatic carbocycles. The summed E-state index contributed by atoms with van der Waals surface area (Å²) in [5.74, 6) is 0.263. The van der Waals surface area contributed by atoms with E-state index in [1.54, 1.807) is 14.0 Å². The quantitative estimate of drug-likeness (QED) is 0.623. The zero-order valence-electron chi connectivity index (χ0n) is 9.97. The summed E-state index contributed by atoms with van der Waals surface area (Å²) in [5.41, 5.74) is 0.368. The van der Waals surface area contributed by atoms with E-state index >= 15 is 0 Å². The smallest absolute Gasteiger partial charge is 0.353 e. The van der Waals surface area contributed by atoms with Gasteiger partial charge in [0.1, 0.15) is 11.8 Å². The normalized spacial score (nSPS) is 17.1. The van der Waals surface area contributed by atoms with Gasteiger partial charge in [-0.1, -0.05) is 0 Å². The number of aryl methyl sites for hydroxylation is 2. The SMILES string of the molecule is Cc1nn(C)c(OC2CCNCC2)c1[N+](=O)[O-]. The van der Waals surface area contributed by atoms with Crippen molar-refractivity contribution < 1.29 is 9.66 Å². The fourth-order valence-electron chi connectivity index (χ4n) is 2.04. The third kappa shape index (κ3) is 2.38. The average Bonchev–Trinajstić information content (AvgIpc) is 2.55. The second-order valence-corrected chi connectivity index (χ2v) is 4.19. The molecular weight excluding hydrogens is 224 g/mol. The van der Waals surface area contributed by atoms with Gasteiger partial charge < -0.3 is 10.1 Å².